The first-order valence-electron chi connectivity index (χ1n) is 7.87. The van der Waals surface area contributed by atoms with Crippen molar-refractivity contribution in [1.29, 1.82) is 5.26 Å². The maximum absolute atomic E-state index is 12.7. The number of nitrogens with one attached hydrogen (secondary N) is 1. The summed E-state index contributed by atoms with van der Waals surface area (Å²) in [5.74, 6) is 0.271. The first kappa shape index (κ1) is 16.7. The Balaban J connectivity index is 1.92. The van der Waals surface area contributed by atoms with E-state index in [4.69, 9.17) is 4.74 Å². The Morgan fingerprint density at radius 1 is 1.28 bits per heavy atom. The molecule has 1 aromatic heterocycles. The van der Waals surface area contributed by atoms with Crippen LogP contribution in [0.2, 0.25) is 0 Å². The number of nitriles is 1. The van der Waals surface area contributed by atoms with Crippen molar-refractivity contribution in [3.05, 3.63) is 57.4 Å². The number of aliphatic imine (C=N–C) groups is 1. The van der Waals surface area contributed by atoms with Crippen LogP contribution in [-0.2, 0) is 11.3 Å². The fourth-order valence-corrected chi connectivity index (χ4v) is 2.93. The quantitative estimate of drug-likeness (QED) is 0.914. The zero-order chi connectivity index (χ0) is 18.1. The molecule has 1 amide bonds. The Hall–Kier alpha value is -3.20. The van der Waals surface area contributed by atoms with Gasteiger partial charge < -0.3 is 10.1 Å². The highest BCUT2D eigenvalue weighted by molar-refractivity contribution is 6.05. The molecular weight excluding hydrogens is 316 g/mol. The van der Waals surface area contributed by atoms with Crippen molar-refractivity contribution in [3.8, 4) is 6.07 Å². The van der Waals surface area contributed by atoms with Crippen LogP contribution in [0.4, 0.5) is 5.69 Å². The van der Waals surface area contributed by atoms with Crippen LogP contribution in [0.1, 0.15) is 44.0 Å². The maximum atomic E-state index is 12.7. The fourth-order valence-electron chi connectivity index (χ4n) is 2.93. The van der Waals surface area contributed by atoms with Crippen LogP contribution in [0, 0.1) is 32.1 Å². The van der Waals surface area contributed by atoms with E-state index < -0.39 is 0 Å². The molecule has 0 saturated carbocycles. The van der Waals surface area contributed by atoms with Crippen LogP contribution < -0.4 is 5.32 Å². The molecule has 1 N–H and O–H groups in total. The van der Waals surface area contributed by atoms with Gasteiger partial charge in [0, 0.05) is 11.3 Å². The van der Waals surface area contributed by atoms with E-state index in [9.17, 15) is 10.1 Å². The number of benzene rings is 1. The average molecular weight is 334 g/mol. The van der Waals surface area contributed by atoms with Gasteiger partial charge in [-0.3, -0.25) is 4.79 Å². The third-order valence-electron chi connectivity index (χ3n) is 4.45. The number of hydrogen-bond donors (Lipinski definition) is 1. The summed E-state index contributed by atoms with van der Waals surface area (Å²) < 4.78 is 5.25. The molecule has 6 heteroatoms. The summed E-state index contributed by atoms with van der Waals surface area (Å²) in [5, 5.41) is 12.1. The molecule has 126 valence electrons. The Morgan fingerprint density at radius 2 is 2.04 bits per heavy atom. The molecule has 2 aromatic rings. The minimum atomic E-state index is -0.304. The number of rotatable bonds is 2. The number of aryl methyl sites for hydroxylation is 1. The van der Waals surface area contributed by atoms with E-state index in [-0.39, 0.29) is 5.91 Å². The number of hydrogen-bond acceptors (Lipinski definition) is 5. The molecule has 0 atom stereocenters. The van der Waals surface area contributed by atoms with Crippen LogP contribution in [0.3, 0.4) is 0 Å². The number of pyridine rings is 1. The zero-order valence-corrected chi connectivity index (χ0v) is 14.6. The standard InChI is InChI=1S/C19H18N4O2/c1-10-11(2)17(22-12(3)16(10)8-20)18(24)23-14-6-5-13-9-21-19(25-4)15(13)7-14/h5-7H,9H2,1-4H3,(H,23,24). The molecule has 2 heterocycles. The Labute approximate surface area is 146 Å². The normalized spacial score (nSPS) is 12.2. The second-order valence-corrected chi connectivity index (χ2v) is 5.93. The third kappa shape index (κ3) is 2.85. The third-order valence-corrected chi connectivity index (χ3v) is 4.45. The van der Waals surface area contributed by atoms with E-state index in [1.54, 1.807) is 21.0 Å². The number of ether oxygens (including phenoxy) is 1. The highest BCUT2D eigenvalue weighted by Gasteiger charge is 2.20. The van der Waals surface area contributed by atoms with Crippen molar-refractivity contribution in [3.63, 3.8) is 0 Å². The second kappa shape index (κ2) is 6.36. The fraction of sp³-hybridized carbons (Fsp3) is 0.263. The van der Waals surface area contributed by atoms with Crippen molar-refractivity contribution in [1.82, 2.24) is 4.98 Å². The van der Waals surface area contributed by atoms with Gasteiger partial charge >= 0.3 is 0 Å². The lowest BCUT2D eigenvalue weighted by Crippen LogP contribution is -2.18. The highest BCUT2D eigenvalue weighted by Crippen LogP contribution is 2.24. The molecule has 0 radical (unpaired) electrons. The van der Waals surface area contributed by atoms with E-state index >= 15 is 0 Å². The molecule has 0 spiro atoms. The van der Waals surface area contributed by atoms with Gasteiger partial charge in [-0.2, -0.15) is 5.26 Å². The van der Waals surface area contributed by atoms with Gasteiger partial charge in [-0.15, -0.1) is 0 Å². The molecule has 25 heavy (non-hydrogen) atoms. The molecule has 0 saturated heterocycles. The molecule has 1 aliphatic rings. The topological polar surface area (TPSA) is 87.4 Å². The summed E-state index contributed by atoms with van der Waals surface area (Å²) in [4.78, 5) is 21.3. The number of carbonyl (C=O) groups is 1. The molecule has 0 aliphatic carbocycles. The maximum Gasteiger partial charge on any atom is 0.274 e. The lowest BCUT2D eigenvalue weighted by molar-refractivity contribution is 0.102. The minimum absolute atomic E-state index is 0.304. The van der Waals surface area contributed by atoms with Crippen molar-refractivity contribution in [2.45, 2.75) is 27.3 Å². The van der Waals surface area contributed by atoms with Gasteiger partial charge in [-0.05, 0) is 49.6 Å². The number of fused-ring (bicyclic) bond motifs is 1. The Bertz CT molecular complexity index is 955. The minimum Gasteiger partial charge on any atom is -0.481 e. The smallest absolute Gasteiger partial charge is 0.274 e. The summed E-state index contributed by atoms with van der Waals surface area (Å²) in [6.07, 6.45) is 0. The van der Waals surface area contributed by atoms with Crippen LogP contribution in [0.25, 0.3) is 0 Å². The monoisotopic (exact) mass is 334 g/mol. The van der Waals surface area contributed by atoms with E-state index in [0.29, 0.717) is 40.6 Å². The van der Waals surface area contributed by atoms with Crippen LogP contribution in [0.15, 0.2) is 23.2 Å². The van der Waals surface area contributed by atoms with Crippen molar-refractivity contribution in [2.24, 2.45) is 4.99 Å². The second-order valence-electron chi connectivity index (χ2n) is 5.93. The lowest BCUT2D eigenvalue weighted by Gasteiger charge is -2.12. The number of amides is 1. The van der Waals surface area contributed by atoms with Gasteiger partial charge in [0.25, 0.3) is 5.91 Å². The number of methoxy groups -OCH3 is 1. The first-order valence-corrected chi connectivity index (χ1v) is 7.87. The SMILES string of the molecule is COC1=NCc2ccc(NC(=O)c3nc(C)c(C#N)c(C)c3C)cc21. The molecular formula is C19H18N4O2. The first-order chi connectivity index (χ1) is 12.0. The highest BCUT2D eigenvalue weighted by atomic mass is 16.5. The number of nitrogens with zero attached hydrogens (tertiary/aromatic N) is 3. The molecule has 0 fully saturated rings. The van der Waals surface area contributed by atoms with E-state index in [0.717, 1.165) is 16.7 Å². The Morgan fingerprint density at radius 3 is 2.72 bits per heavy atom. The summed E-state index contributed by atoms with van der Waals surface area (Å²) >= 11 is 0. The zero-order valence-electron chi connectivity index (χ0n) is 14.6. The summed E-state index contributed by atoms with van der Waals surface area (Å²) in [7, 11) is 1.58. The summed E-state index contributed by atoms with van der Waals surface area (Å²) in [6.45, 7) is 5.95. The van der Waals surface area contributed by atoms with Gasteiger partial charge in [0.1, 0.15) is 11.8 Å². The van der Waals surface area contributed by atoms with Crippen LogP contribution in [0.5, 0.6) is 0 Å². The van der Waals surface area contributed by atoms with Crippen molar-refractivity contribution in [2.75, 3.05) is 12.4 Å². The summed E-state index contributed by atoms with van der Waals surface area (Å²) in [5.41, 5.74) is 5.49. The van der Waals surface area contributed by atoms with Crippen LogP contribution >= 0.6 is 0 Å². The van der Waals surface area contributed by atoms with Crippen molar-refractivity contribution < 1.29 is 9.53 Å². The predicted octanol–water partition coefficient (Wildman–Crippen LogP) is 3.04. The average Bonchev–Trinajstić information content (AvgIpc) is 3.00. The molecule has 0 bridgehead atoms. The Kier molecular flexibility index (Phi) is 4.24. The number of aromatic nitrogens is 1. The molecule has 3 rings (SSSR count). The van der Waals surface area contributed by atoms with Gasteiger partial charge in [-0.25, -0.2) is 9.98 Å². The van der Waals surface area contributed by atoms with Gasteiger partial charge in [0.05, 0.1) is 24.9 Å². The van der Waals surface area contributed by atoms with Crippen LogP contribution in [-0.4, -0.2) is 23.9 Å². The molecule has 0 unspecified atom stereocenters. The van der Waals surface area contributed by atoms with E-state index in [2.05, 4.69) is 21.4 Å². The van der Waals surface area contributed by atoms with Gasteiger partial charge in [0.15, 0.2) is 0 Å². The van der Waals surface area contributed by atoms with Gasteiger partial charge in [0.2, 0.25) is 5.90 Å². The molecule has 6 nitrogen and oxygen atoms in total. The van der Waals surface area contributed by atoms with E-state index in [1.807, 2.05) is 25.1 Å². The largest absolute Gasteiger partial charge is 0.481 e. The number of anilines is 1. The number of carbonyl (C=O) groups excluding carboxylic acids is 1. The lowest BCUT2D eigenvalue weighted by atomic mass is 10.0. The molecule has 1 aliphatic heterocycles. The molecule has 1 aromatic carbocycles. The van der Waals surface area contributed by atoms with Gasteiger partial charge in [-0.1, -0.05) is 6.07 Å². The predicted molar refractivity (Wildman–Crippen MR) is 94.8 cm³/mol. The summed E-state index contributed by atoms with van der Waals surface area (Å²) in [6, 6.07) is 7.75. The van der Waals surface area contributed by atoms with E-state index in [1.165, 1.54) is 0 Å². The van der Waals surface area contributed by atoms with Crippen molar-refractivity contribution >= 4 is 17.5 Å².